The van der Waals surface area contributed by atoms with Gasteiger partial charge >= 0.3 is 0 Å². The second kappa shape index (κ2) is 9.59. The molecule has 1 saturated carbocycles. The summed E-state index contributed by atoms with van der Waals surface area (Å²) in [5, 5.41) is 4.69. The first kappa shape index (κ1) is 20.8. The van der Waals surface area contributed by atoms with Crippen molar-refractivity contribution >= 4 is 5.91 Å². The fourth-order valence-electron chi connectivity index (χ4n) is 4.97. The zero-order valence-corrected chi connectivity index (χ0v) is 18.1. The summed E-state index contributed by atoms with van der Waals surface area (Å²) in [6, 6.07) is 11.7. The van der Waals surface area contributed by atoms with E-state index in [0.29, 0.717) is 24.3 Å². The van der Waals surface area contributed by atoms with E-state index in [9.17, 15) is 9.59 Å². The number of hydrogen-bond donors (Lipinski definition) is 0. The topological polar surface area (TPSA) is 55.2 Å². The molecule has 0 radical (unpaired) electrons. The van der Waals surface area contributed by atoms with Gasteiger partial charge in [-0.05, 0) is 50.0 Å². The lowest BCUT2D eigenvalue weighted by Gasteiger charge is -2.33. The number of aryl methyl sites for hydroxylation is 1. The molecular weight excluding hydrogens is 374 g/mol. The molecule has 160 valence electrons. The van der Waals surface area contributed by atoms with E-state index in [1.165, 1.54) is 32.1 Å². The first-order chi connectivity index (χ1) is 14.6. The molecule has 1 aromatic carbocycles. The first-order valence-corrected chi connectivity index (χ1v) is 11.5. The van der Waals surface area contributed by atoms with Gasteiger partial charge in [0.15, 0.2) is 0 Å². The van der Waals surface area contributed by atoms with Crippen molar-refractivity contribution in [3.8, 4) is 11.3 Å². The Morgan fingerprint density at radius 1 is 1.00 bits per heavy atom. The first-order valence-electron chi connectivity index (χ1n) is 11.5. The fraction of sp³-hybridized carbons (Fsp3) is 0.560. The lowest BCUT2D eigenvalue weighted by Crippen LogP contribution is -2.41. The number of benzene rings is 1. The number of aromatic nitrogens is 2. The van der Waals surface area contributed by atoms with Crippen LogP contribution < -0.4 is 5.56 Å². The molecule has 2 aromatic rings. The quantitative estimate of drug-likeness (QED) is 0.737. The number of likely N-dealkylation sites (tertiary alicyclic amines) is 1. The van der Waals surface area contributed by atoms with Crippen LogP contribution in [0.5, 0.6) is 0 Å². The standard InChI is InChI=1S/C25H33N3O2/c1-19-16-24(30)28(26-25(19)22-10-6-3-7-11-22)18-21-12-14-27(15-13-21)23(29)17-20-8-4-2-5-9-20/h3,6-7,10-11,16,20-21H,2,4-5,8-9,12-15,17-18H2,1H3. The summed E-state index contributed by atoms with van der Waals surface area (Å²) in [7, 11) is 0. The van der Waals surface area contributed by atoms with Crippen LogP contribution >= 0.6 is 0 Å². The van der Waals surface area contributed by atoms with E-state index in [0.717, 1.165) is 49.2 Å². The third kappa shape index (κ3) is 5.00. The smallest absolute Gasteiger partial charge is 0.267 e. The van der Waals surface area contributed by atoms with Crippen molar-refractivity contribution in [1.82, 2.24) is 14.7 Å². The van der Waals surface area contributed by atoms with E-state index in [4.69, 9.17) is 5.10 Å². The number of hydrogen-bond acceptors (Lipinski definition) is 3. The highest BCUT2D eigenvalue weighted by atomic mass is 16.2. The predicted octanol–water partition coefficient (Wildman–Crippen LogP) is 4.43. The molecule has 1 aromatic heterocycles. The Labute approximate surface area is 179 Å². The van der Waals surface area contributed by atoms with E-state index < -0.39 is 0 Å². The number of rotatable bonds is 5. The molecule has 1 aliphatic heterocycles. The Morgan fingerprint density at radius 2 is 1.70 bits per heavy atom. The summed E-state index contributed by atoms with van der Waals surface area (Å²) in [4.78, 5) is 27.3. The van der Waals surface area contributed by atoms with E-state index in [2.05, 4.69) is 0 Å². The van der Waals surface area contributed by atoms with Crippen LogP contribution in [0.4, 0.5) is 0 Å². The molecular formula is C25H33N3O2. The normalized spacial score (nSPS) is 18.5. The van der Waals surface area contributed by atoms with E-state index in [1.807, 2.05) is 42.2 Å². The Balaban J connectivity index is 1.36. The highest BCUT2D eigenvalue weighted by Crippen LogP contribution is 2.28. The summed E-state index contributed by atoms with van der Waals surface area (Å²) in [6.07, 6.45) is 8.94. The van der Waals surface area contributed by atoms with Gasteiger partial charge in [-0.3, -0.25) is 9.59 Å². The molecule has 0 spiro atoms. The van der Waals surface area contributed by atoms with Crippen LogP contribution in [-0.4, -0.2) is 33.7 Å². The molecule has 2 fully saturated rings. The largest absolute Gasteiger partial charge is 0.343 e. The third-order valence-corrected chi connectivity index (χ3v) is 6.82. The molecule has 4 rings (SSSR count). The molecule has 0 N–H and O–H groups in total. The average molecular weight is 408 g/mol. The lowest BCUT2D eigenvalue weighted by molar-refractivity contribution is -0.133. The van der Waals surface area contributed by atoms with Crippen molar-refractivity contribution in [3.05, 3.63) is 52.3 Å². The van der Waals surface area contributed by atoms with Crippen molar-refractivity contribution in [1.29, 1.82) is 0 Å². The van der Waals surface area contributed by atoms with Crippen LogP contribution in [-0.2, 0) is 11.3 Å². The Morgan fingerprint density at radius 3 is 2.40 bits per heavy atom. The van der Waals surface area contributed by atoms with Crippen molar-refractivity contribution in [3.63, 3.8) is 0 Å². The highest BCUT2D eigenvalue weighted by Gasteiger charge is 2.26. The monoisotopic (exact) mass is 407 g/mol. The molecule has 30 heavy (non-hydrogen) atoms. The Hall–Kier alpha value is -2.43. The molecule has 0 unspecified atom stereocenters. The van der Waals surface area contributed by atoms with Crippen molar-refractivity contribution < 1.29 is 4.79 Å². The summed E-state index contributed by atoms with van der Waals surface area (Å²) < 4.78 is 1.62. The molecule has 5 nitrogen and oxygen atoms in total. The van der Waals surface area contributed by atoms with Crippen molar-refractivity contribution in [2.75, 3.05) is 13.1 Å². The average Bonchev–Trinajstić information content (AvgIpc) is 2.77. The van der Waals surface area contributed by atoms with Crippen LogP contribution in [0.2, 0.25) is 0 Å². The van der Waals surface area contributed by atoms with Gasteiger partial charge in [-0.15, -0.1) is 0 Å². The maximum absolute atomic E-state index is 12.7. The minimum Gasteiger partial charge on any atom is -0.343 e. The van der Waals surface area contributed by atoms with Crippen LogP contribution in [0.15, 0.2) is 41.2 Å². The molecule has 1 amide bonds. The summed E-state index contributed by atoms with van der Waals surface area (Å²) in [6.45, 7) is 4.19. The zero-order valence-electron chi connectivity index (χ0n) is 18.1. The molecule has 0 bridgehead atoms. The number of amides is 1. The molecule has 2 aliphatic rings. The lowest BCUT2D eigenvalue weighted by atomic mass is 9.86. The SMILES string of the molecule is Cc1cc(=O)n(CC2CCN(C(=O)CC3CCCCC3)CC2)nc1-c1ccccc1. The van der Waals surface area contributed by atoms with Gasteiger partial charge in [0.05, 0.1) is 5.69 Å². The van der Waals surface area contributed by atoms with Gasteiger partial charge in [-0.25, -0.2) is 4.68 Å². The van der Waals surface area contributed by atoms with Crippen LogP contribution in [0, 0.1) is 18.8 Å². The Kier molecular flexibility index (Phi) is 6.66. The Bertz CT molecular complexity index is 908. The van der Waals surface area contributed by atoms with Gasteiger partial charge in [-0.2, -0.15) is 5.10 Å². The predicted molar refractivity (Wildman–Crippen MR) is 119 cm³/mol. The second-order valence-corrected chi connectivity index (χ2v) is 9.09. The molecule has 1 aliphatic carbocycles. The molecule has 1 saturated heterocycles. The van der Waals surface area contributed by atoms with Gasteiger partial charge in [-0.1, -0.05) is 49.6 Å². The van der Waals surface area contributed by atoms with Gasteiger partial charge in [0.2, 0.25) is 5.91 Å². The van der Waals surface area contributed by atoms with Crippen molar-refractivity contribution in [2.45, 2.75) is 64.8 Å². The molecule has 5 heteroatoms. The van der Waals surface area contributed by atoms with E-state index >= 15 is 0 Å². The summed E-state index contributed by atoms with van der Waals surface area (Å²) in [5.41, 5.74) is 2.77. The van der Waals surface area contributed by atoms with Gasteiger partial charge in [0.1, 0.15) is 0 Å². The van der Waals surface area contributed by atoms with Gasteiger partial charge in [0, 0.05) is 37.7 Å². The maximum Gasteiger partial charge on any atom is 0.267 e. The summed E-state index contributed by atoms with van der Waals surface area (Å²) in [5.74, 6) is 1.31. The number of carbonyl (C=O) groups excluding carboxylic acids is 1. The van der Waals surface area contributed by atoms with Crippen LogP contribution in [0.25, 0.3) is 11.3 Å². The summed E-state index contributed by atoms with van der Waals surface area (Å²) >= 11 is 0. The van der Waals surface area contributed by atoms with Crippen molar-refractivity contribution in [2.24, 2.45) is 11.8 Å². The zero-order chi connectivity index (χ0) is 20.9. The highest BCUT2D eigenvalue weighted by molar-refractivity contribution is 5.76. The number of carbonyl (C=O) groups is 1. The van der Waals surface area contributed by atoms with Gasteiger partial charge in [0.25, 0.3) is 5.56 Å². The van der Waals surface area contributed by atoms with Crippen LogP contribution in [0.3, 0.4) is 0 Å². The second-order valence-electron chi connectivity index (χ2n) is 9.09. The van der Waals surface area contributed by atoms with Crippen LogP contribution in [0.1, 0.15) is 56.9 Å². The van der Waals surface area contributed by atoms with E-state index in [1.54, 1.807) is 10.7 Å². The molecule has 0 atom stereocenters. The maximum atomic E-state index is 12.7. The van der Waals surface area contributed by atoms with Gasteiger partial charge < -0.3 is 4.90 Å². The third-order valence-electron chi connectivity index (χ3n) is 6.82. The minimum absolute atomic E-state index is 0.0389. The van der Waals surface area contributed by atoms with E-state index in [-0.39, 0.29) is 5.56 Å². The minimum atomic E-state index is -0.0389. The molecule has 2 heterocycles. The fourth-order valence-corrected chi connectivity index (χ4v) is 4.97. The number of nitrogens with zero attached hydrogens (tertiary/aromatic N) is 3. The number of piperidine rings is 1.